The highest BCUT2D eigenvalue weighted by Crippen LogP contribution is 2.61. The molecule has 1 saturated heterocycles. The van der Waals surface area contributed by atoms with Crippen LogP contribution in [-0.2, 0) is 50.7 Å². The third-order valence-corrected chi connectivity index (χ3v) is 13.7. The van der Waals surface area contributed by atoms with Crippen molar-refractivity contribution in [3.8, 4) is 0 Å². The van der Waals surface area contributed by atoms with E-state index in [1.807, 2.05) is 6.08 Å². The first-order chi connectivity index (χ1) is 32.6. The summed E-state index contributed by atoms with van der Waals surface area (Å²) in [5.74, 6) is -1.17. The summed E-state index contributed by atoms with van der Waals surface area (Å²) >= 11 is 1.02. The standard InChI is InChI=1S/C41H64N7O17P3S/c1-4-5-6-7-8-9-10-11-12-13-14-15-16-17-18-19-20-21-32(50)69-25-24-43-31(49)22-23-44-39(53)36(52)41(2,3)27-62-68(59,60)65-67(57,58)61-26-30-35(64-66(54,55)56)34(51)40(63-30)48-29-47-33-37(42)45-28-46-38(33)48/h8-9,11-12,14-15,18-21,28-30,34-36,40,51-52H,4-7,10,13,16-17,22-27H2,1-3H3,(H,43,49)(H,44,53)(H,57,58)(H,59,60)(H2,42,45,46)(H2,54,55,56)/b9-8-,12-11-,15-14-,19-18+,21-20+/t30-,34-,35-,36+,40-/m1/s1. The highest BCUT2D eigenvalue weighted by Gasteiger charge is 2.50. The molecule has 2 unspecified atom stereocenters. The number of phosphoric acid groups is 3. The Hall–Kier alpha value is -3.74. The second-order valence-corrected chi connectivity index (χ2v) is 21.3. The summed E-state index contributed by atoms with van der Waals surface area (Å²) in [5, 5.41) is 26.3. The van der Waals surface area contributed by atoms with Gasteiger partial charge in [0, 0.05) is 30.7 Å². The second kappa shape index (κ2) is 29.6. The molecular weight excluding hydrogens is 987 g/mol. The first-order valence-corrected chi connectivity index (χ1v) is 27.4. The minimum absolute atomic E-state index is 0.0288. The molecule has 0 aromatic carbocycles. The first-order valence-electron chi connectivity index (χ1n) is 21.9. The van der Waals surface area contributed by atoms with Crippen LogP contribution in [-0.4, -0.2) is 123 Å². The Balaban J connectivity index is 1.32. The van der Waals surface area contributed by atoms with Crippen LogP contribution in [0.25, 0.3) is 11.2 Å². The third kappa shape index (κ3) is 22.5. The van der Waals surface area contributed by atoms with E-state index in [1.165, 1.54) is 39.2 Å². The predicted molar refractivity (Wildman–Crippen MR) is 255 cm³/mol. The molecule has 3 heterocycles. The number of ether oxygens (including phenoxy) is 1. The lowest BCUT2D eigenvalue weighted by atomic mass is 9.87. The fraction of sp³-hybridized carbons (Fsp3) is 0.561. The Bertz CT molecular complexity index is 2270. The number of fused-ring (bicyclic) bond motifs is 1. The summed E-state index contributed by atoms with van der Waals surface area (Å²) in [5.41, 5.74) is 4.26. The zero-order chi connectivity index (χ0) is 51.1. The van der Waals surface area contributed by atoms with E-state index in [-0.39, 0.29) is 41.6 Å². The molecule has 0 saturated carbocycles. The van der Waals surface area contributed by atoms with Crippen LogP contribution in [0.4, 0.5) is 5.82 Å². The molecule has 386 valence electrons. The van der Waals surface area contributed by atoms with E-state index in [0.717, 1.165) is 61.1 Å². The molecule has 1 fully saturated rings. The molecular formula is C41H64N7O17P3S. The molecule has 0 radical (unpaired) electrons. The number of carbonyl (C=O) groups is 3. The van der Waals surface area contributed by atoms with Crippen LogP contribution in [0, 0.1) is 5.41 Å². The fourth-order valence-electron chi connectivity index (χ4n) is 6.12. The maximum absolute atomic E-state index is 12.7. The van der Waals surface area contributed by atoms with Crippen LogP contribution >= 0.6 is 35.2 Å². The van der Waals surface area contributed by atoms with Gasteiger partial charge in [0.25, 0.3) is 0 Å². The zero-order valence-corrected chi connectivity index (χ0v) is 42.0. The third-order valence-electron chi connectivity index (χ3n) is 9.74. The van der Waals surface area contributed by atoms with E-state index in [4.69, 9.17) is 19.5 Å². The molecule has 1 aliphatic heterocycles. The van der Waals surface area contributed by atoms with Gasteiger partial charge in [0.1, 0.15) is 36.3 Å². The van der Waals surface area contributed by atoms with Crippen molar-refractivity contribution in [1.82, 2.24) is 30.2 Å². The van der Waals surface area contributed by atoms with Gasteiger partial charge in [-0.2, -0.15) is 4.31 Å². The Morgan fingerprint density at radius 2 is 1.58 bits per heavy atom. The van der Waals surface area contributed by atoms with Crippen molar-refractivity contribution in [3.05, 3.63) is 73.4 Å². The van der Waals surface area contributed by atoms with E-state index in [9.17, 15) is 57.9 Å². The molecule has 2 aromatic rings. The Labute approximate surface area is 404 Å². The monoisotopic (exact) mass is 1050 g/mol. The summed E-state index contributed by atoms with van der Waals surface area (Å²) in [7, 11) is -16.4. The molecule has 0 aliphatic carbocycles. The Kier molecular flexibility index (Phi) is 25.5. The lowest BCUT2D eigenvalue weighted by Gasteiger charge is -2.30. The molecule has 69 heavy (non-hydrogen) atoms. The molecule has 0 bridgehead atoms. The van der Waals surface area contributed by atoms with Crippen molar-refractivity contribution < 1.29 is 80.5 Å². The number of aliphatic hydroxyl groups is 2. The number of nitrogens with one attached hydrogen (secondary N) is 2. The number of aromatic nitrogens is 4. The normalized spacial score (nSPS) is 20.4. The van der Waals surface area contributed by atoms with Gasteiger partial charge in [-0.1, -0.05) is 100 Å². The molecule has 0 spiro atoms. The number of allylic oxidation sites excluding steroid dienone is 9. The van der Waals surface area contributed by atoms with Crippen LogP contribution in [0.15, 0.2) is 73.4 Å². The number of amides is 2. The maximum atomic E-state index is 12.7. The van der Waals surface area contributed by atoms with Gasteiger partial charge in [0.05, 0.1) is 19.5 Å². The van der Waals surface area contributed by atoms with Gasteiger partial charge in [-0.25, -0.2) is 28.6 Å². The van der Waals surface area contributed by atoms with E-state index in [1.54, 1.807) is 12.2 Å². The number of phosphoric ester groups is 3. The largest absolute Gasteiger partial charge is 0.481 e. The average Bonchev–Trinajstić information content (AvgIpc) is 3.84. The van der Waals surface area contributed by atoms with E-state index in [0.29, 0.717) is 5.75 Å². The average molecular weight is 1050 g/mol. The summed E-state index contributed by atoms with van der Waals surface area (Å²) in [6, 6.07) is 0. The van der Waals surface area contributed by atoms with Crippen molar-refractivity contribution in [3.63, 3.8) is 0 Å². The van der Waals surface area contributed by atoms with Crippen LogP contribution in [0.5, 0.6) is 0 Å². The number of nitrogen functional groups attached to an aromatic ring is 1. The Morgan fingerprint density at radius 1 is 0.913 bits per heavy atom. The van der Waals surface area contributed by atoms with Crippen LogP contribution < -0.4 is 16.4 Å². The first kappa shape index (κ1) is 59.6. The number of thioether (sulfide) groups is 1. The smallest absolute Gasteiger partial charge is 0.386 e. The molecule has 3 rings (SSSR count). The Morgan fingerprint density at radius 3 is 2.28 bits per heavy atom. The quantitative estimate of drug-likeness (QED) is 0.0159. The predicted octanol–water partition coefficient (Wildman–Crippen LogP) is 4.59. The topological polar surface area (TPSA) is 364 Å². The number of rotatable bonds is 32. The maximum Gasteiger partial charge on any atom is 0.481 e. The van der Waals surface area contributed by atoms with E-state index < -0.39 is 84.6 Å². The number of imidazole rings is 1. The van der Waals surface area contributed by atoms with Crippen LogP contribution in [0.2, 0.25) is 0 Å². The summed E-state index contributed by atoms with van der Waals surface area (Å²) in [4.78, 5) is 88.2. The minimum Gasteiger partial charge on any atom is -0.386 e. The van der Waals surface area contributed by atoms with E-state index in [2.05, 4.69) is 77.8 Å². The van der Waals surface area contributed by atoms with Crippen LogP contribution in [0.1, 0.15) is 84.8 Å². The van der Waals surface area contributed by atoms with Gasteiger partial charge in [-0.05, 0) is 44.6 Å². The number of carbonyl (C=O) groups excluding carboxylic acids is 3. The van der Waals surface area contributed by atoms with Gasteiger partial charge in [-0.3, -0.25) is 32.5 Å². The number of unbranched alkanes of at least 4 members (excludes halogenated alkanes) is 4. The number of aliphatic hydroxyl groups excluding tert-OH is 2. The van der Waals surface area contributed by atoms with E-state index >= 15 is 0 Å². The van der Waals surface area contributed by atoms with Crippen molar-refractivity contribution in [2.45, 2.75) is 109 Å². The lowest BCUT2D eigenvalue weighted by Crippen LogP contribution is -2.46. The molecule has 7 atom stereocenters. The molecule has 2 aromatic heterocycles. The van der Waals surface area contributed by atoms with Crippen LogP contribution in [0.3, 0.4) is 0 Å². The minimum atomic E-state index is -5.58. The van der Waals surface area contributed by atoms with Gasteiger partial charge in [0.2, 0.25) is 16.9 Å². The van der Waals surface area contributed by atoms with Crippen molar-refractivity contribution in [1.29, 1.82) is 0 Å². The molecule has 1 aliphatic rings. The lowest BCUT2D eigenvalue weighted by molar-refractivity contribution is -0.137. The highest BCUT2D eigenvalue weighted by atomic mass is 32.2. The summed E-state index contributed by atoms with van der Waals surface area (Å²) in [6.07, 6.45) is 21.4. The number of hydrogen-bond acceptors (Lipinski definition) is 18. The van der Waals surface area contributed by atoms with Crippen molar-refractivity contribution in [2.75, 3.05) is 37.8 Å². The number of hydrogen-bond donors (Lipinski definition) is 9. The SMILES string of the molecule is CCCCC/C=C\C/C=C\C/C=C\CC/C=C/C=C/C(=O)SCCNC(=O)CCNC(=O)[C@H](O)C(C)(C)COP(=O)(O)OP(=O)(O)OC[C@H]1O[C@@H](n2cnc3c(N)ncnc32)[C@H](O)[C@@H]1OP(=O)(O)O. The summed E-state index contributed by atoms with van der Waals surface area (Å²) < 4.78 is 62.4. The molecule has 10 N–H and O–H groups in total. The highest BCUT2D eigenvalue weighted by molar-refractivity contribution is 8.14. The fourth-order valence-corrected chi connectivity index (χ4v) is 9.53. The van der Waals surface area contributed by atoms with Crippen molar-refractivity contribution >= 4 is 69.1 Å². The van der Waals surface area contributed by atoms with Gasteiger partial charge >= 0.3 is 23.5 Å². The second-order valence-electron chi connectivity index (χ2n) is 16.0. The number of anilines is 1. The van der Waals surface area contributed by atoms with Gasteiger partial charge in [-0.15, -0.1) is 0 Å². The molecule has 24 nitrogen and oxygen atoms in total. The number of nitrogens with two attached hydrogens (primary N) is 1. The number of nitrogens with zero attached hydrogens (tertiary/aromatic N) is 4. The van der Waals surface area contributed by atoms with Gasteiger partial charge < -0.3 is 50.9 Å². The molecule has 28 heteroatoms. The summed E-state index contributed by atoms with van der Waals surface area (Å²) in [6.45, 7) is 2.64. The zero-order valence-electron chi connectivity index (χ0n) is 38.5. The van der Waals surface area contributed by atoms with Crippen molar-refractivity contribution in [2.24, 2.45) is 5.41 Å². The molecule has 2 amide bonds. The van der Waals surface area contributed by atoms with Gasteiger partial charge in [0.15, 0.2) is 17.7 Å².